The van der Waals surface area contributed by atoms with E-state index in [1.165, 1.54) is 4.90 Å². The van der Waals surface area contributed by atoms with Crippen LogP contribution < -0.4 is 19.7 Å². The summed E-state index contributed by atoms with van der Waals surface area (Å²) in [5, 5.41) is 3.35. The Morgan fingerprint density at radius 1 is 1.19 bits per heavy atom. The van der Waals surface area contributed by atoms with E-state index in [-0.39, 0.29) is 36.7 Å². The van der Waals surface area contributed by atoms with Gasteiger partial charge >= 0.3 is 0 Å². The van der Waals surface area contributed by atoms with Crippen molar-refractivity contribution in [3.05, 3.63) is 53.1 Å². The largest absolute Gasteiger partial charge is 0.485 e. The number of hydrogen-bond donors (Lipinski definition) is 1. The molecule has 1 aliphatic rings. The van der Waals surface area contributed by atoms with Gasteiger partial charge in [0.1, 0.15) is 17.5 Å². The van der Waals surface area contributed by atoms with Crippen LogP contribution in [0, 0.1) is 5.92 Å². The lowest BCUT2D eigenvalue weighted by atomic mass is 10.1. The smallest absolute Gasteiger partial charge is 0.265 e. The molecule has 0 saturated carbocycles. The molecule has 0 aliphatic carbocycles. The second kappa shape index (κ2) is 9.83. The van der Waals surface area contributed by atoms with Crippen LogP contribution in [0.3, 0.4) is 0 Å². The Bertz CT molecular complexity index is 992. The van der Waals surface area contributed by atoms with Crippen LogP contribution in [-0.4, -0.2) is 43.4 Å². The highest BCUT2D eigenvalue weighted by Gasteiger charge is 2.33. The van der Waals surface area contributed by atoms with Crippen molar-refractivity contribution < 1.29 is 23.9 Å². The number of ether oxygens (including phenoxy) is 2. The second-order valence-electron chi connectivity index (χ2n) is 7.72. The summed E-state index contributed by atoms with van der Waals surface area (Å²) in [6.45, 7) is 5.78. The number of rotatable bonds is 8. The zero-order chi connectivity index (χ0) is 22.5. The number of hydrogen-bond acceptors (Lipinski definition) is 5. The molecule has 0 aromatic heterocycles. The van der Waals surface area contributed by atoms with Crippen molar-refractivity contribution in [1.82, 2.24) is 5.32 Å². The maximum atomic E-state index is 12.7. The Balaban J connectivity index is 1.78. The minimum atomic E-state index is -0.748. The number of ketones is 1. The third kappa shape index (κ3) is 5.55. The number of fused-ring (bicyclic) bond motifs is 1. The molecule has 7 nitrogen and oxygen atoms in total. The molecule has 0 spiro atoms. The Kier molecular flexibility index (Phi) is 7.17. The molecule has 31 heavy (non-hydrogen) atoms. The molecule has 1 heterocycles. The molecular weight excluding hydrogens is 420 g/mol. The van der Waals surface area contributed by atoms with Gasteiger partial charge in [-0.05, 0) is 49.2 Å². The molecule has 0 radical (unpaired) electrons. The van der Waals surface area contributed by atoms with Crippen molar-refractivity contribution in [3.8, 4) is 11.5 Å². The molecule has 2 aromatic carbocycles. The molecule has 0 bridgehead atoms. The predicted molar refractivity (Wildman–Crippen MR) is 118 cm³/mol. The van der Waals surface area contributed by atoms with Gasteiger partial charge in [-0.25, -0.2) is 0 Å². The molecule has 0 saturated heterocycles. The summed E-state index contributed by atoms with van der Waals surface area (Å²) >= 11 is 5.93. The van der Waals surface area contributed by atoms with Gasteiger partial charge in [0, 0.05) is 17.1 Å². The van der Waals surface area contributed by atoms with Gasteiger partial charge in [0.25, 0.3) is 5.91 Å². The van der Waals surface area contributed by atoms with Crippen LogP contribution in [0.15, 0.2) is 42.5 Å². The molecular formula is C23H25ClN2O5. The van der Waals surface area contributed by atoms with Crippen LogP contribution >= 0.6 is 11.6 Å². The van der Waals surface area contributed by atoms with Gasteiger partial charge in [0.05, 0.1) is 5.69 Å². The molecule has 1 unspecified atom stereocenters. The van der Waals surface area contributed by atoms with Gasteiger partial charge in [-0.3, -0.25) is 19.3 Å². The molecule has 1 N–H and O–H groups in total. The first kappa shape index (κ1) is 22.6. The highest BCUT2D eigenvalue weighted by Crippen LogP contribution is 2.34. The number of carbonyl (C=O) groups excluding carboxylic acids is 3. The molecule has 164 valence electrons. The zero-order valence-electron chi connectivity index (χ0n) is 17.7. The fourth-order valence-electron chi connectivity index (χ4n) is 3.13. The van der Waals surface area contributed by atoms with Gasteiger partial charge in [-0.15, -0.1) is 0 Å². The van der Waals surface area contributed by atoms with Crippen molar-refractivity contribution in [2.24, 2.45) is 5.92 Å². The Labute approximate surface area is 186 Å². The highest BCUT2D eigenvalue weighted by atomic mass is 35.5. The molecule has 8 heteroatoms. The van der Waals surface area contributed by atoms with Gasteiger partial charge in [-0.1, -0.05) is 31.5 Å². The SMILES string of the molecule is CC(C)CNC(=O)C(C)N1C(=O)COc2ccc(C(=O)COc3cccc(Cl)c3)cc21. The van der Waals surface area contributed by atoms with Crippen molar-refractivity contribution in [1.29, 1.82) is 0 Å². The molecule has 0 fully saturated rings. The minimum Gasteiger partial charge on any atom is -0.485 e. The van der Waals surface area contributed by atoms with Crippen LogP contribution in [-0.2, 0) is 9.59 Å². The first-order valence-electron chi connectivity index (χ1n) is 10.0. The summed E-state index contributed by atoms with van der Waals surface area (Å²) in [4.78, 5) is 39.2. The van der Waals surface area contributed by atoms with Crippen LogP contribution in [0.2, 0.25) is 5.02 Å². The van der Waals surface area contributed by atoms with Crippen LogP contribution in [0.5, 0.6) is 11.5 Å². The van der Waals surface area contributed by atoms with E-state index in [9.17, 15) is 14.4 Å². The van der Waals surface area contributed by atoms with E-state index in [0.717, 1.165) is 0 Å². The van der Waals surface area contributed by atoms with Gasteiger partial charge in [0.2, 0.25) is 5.91 Å². The van der Waals surface area contributed by atoms with E-state index in [1.807, 2.05) is 13.8 Å². The van der Waals surface area contributed by atoms with E-state index in [1.54, 1.807) is 49.4 Å². The summed E-state index contributed by atoms with van der Waals surface area (Å²) in [5.74, 6) is 0.311. The number of nitrogens with one attached hydrogen (secondary N) is 1. The summed E-state index contributed by atoms with van der Waals surface area (Å²) in [6, 6.07) is 10.8. The monoisotopic (exact) mass is 444 g/mol. The van der Waals surface area contributed by atoms with E-state index < -0.39 is 6.04 Å². The lowest BCUT2D eigenvalue weighted by molar-refractivity contribution is -0.127. The maximum Gasteiger partial charge on any atom is 0.265 e. The molecule has 2 amide bonds. The summed E-state index contributed by atoms with van der Waals surface area (Å²) in [7, 11) is 0. The van der Waals surface area contributed by atoms with E-state index >= 15 is 0 Å². The number of anilines is 1. The van der Waals surface area contributed by atoms with E-state index in [2.05, 4.69) is 5.32 Å². The van der Waals surface area contributed by atoms with Gasteiger partial charge in [-0.2, -0.15) is 0 Å². The molecule has 3 rings (SSSR count). The van der Waals surface area contributed by atoms with Crippen molar-refractivity contribution in [3.63, 3.8) is 0 Å². The number of benzene rings is 2. The first-order valence-corrected chi connectivity index (χ1v) is 10.4. The standard InChI is InChI=1S/C23H25ClN2O5/c1-14(2)11-25-23(29)15(3)26-19-9-16(7-8-21(19)31-13-22(26)28)20(27)12-30-18-6-4-5-17(24)10-18/h4-10,14-15H,11-13H2,1-3H3,(H,25,29). The fraction of sp³-hybridized carbons (Fsp3) is 0.348. The van der Waals surface area contributed by atoms with Crippen molar-refractivity contribution >= 4 is 34.9 Å². The number of nitrogens with zero attached hydrogens (tertiary/aromatic N) is 1. The minimum absolute atomic E-state index is 0.167. The number of Topliss-reactive ketones (excluding diaryl/α,β-unsaturated/α-hetero) is 1. The fourth-order valence-corrected chi connectivity index (χ4v) is 3.31. The lowest BCUT2D eigenvalue weighted by Gasteiger charge is -2.33. The van der Waals surface area contributed by atoms with Crippen molar-refractivity contribution in [2.75, 3.05) is 24.7 Å². The molecule has 2 aromatic rings. The Morgan fingerprint density at radius 3 is 2.68 bits per heavy atom. The highest BCUT2D eigenvalue weighted by molar-refractivity contribution is 6.30. The third-order valence-corrected chi connectivity index (χ3v) is 5.01. The Hall–Kier alpha value is -3.06. The average Bonchev–Trinajstić information content (AvgIpc) is 2.74. The van der Waals surface area contributed by atoms with Crippen LogP contribution in [0.4, 0.5) is 5.69 Å². The van der Waals surface area contributed by atoms with Gasteiger partial charge < -0.3 is 14.8 Å². The van der Waals surface area contributed by atoms with Crippen LogP contribution in [0.25, 0.3) is 0 Å². The summed E-state index contributed by atoms with van der Waals surface area (Å²) < 4.78 is 11.0. The Morgan fingerprint density at radius 2 is 1.97 bits per heavy atom. The molecule has 1 aliphatic heterocycles. The maximum absolute atomic E-state index is 12.7. The molecule has 1 atom stereocenters. The van der Waals surface area contributed by atoms with E-state index in [4.69, 9.17) is 21.1 Å². The normalized spacial score (nSPS) is 14.0. The lowest BCUT2D eigenvalue weighted by Crippen LogP contribution is -2.52. The zero-order valence-corrected chi connectivity index (χ0v) is 18.4. The topological polar surface area (TPSA) is 84.9 Å². The van der Waals surface area contributed by atoms with Crippen LogP contribution in [0.1, 0.15) is 31.1 Å². The van der Waals surface area contributed by atoms with E-state index in [0.29, 0.717) is 34.3 Å². The average molecular weight is 445 g/mol. The predicted octanol–water partition coefficient (Wildman–Crippen LogP) is 3.49. The third-order valence-electron chi connectivity index (χ3n) is 4.78. The number of amides is 2. The number of halogens is 1. The summed E-state index contributed by atoms with van der Waals surface area (Å²) in [6.07, 6.45) is 0. The quantitative estimate of drug-likeness (QED) is 0.630. The number of carbonyl (C=O) groups is 3. The first-order chi connectivity index (χ1) is 14.8. The van der Waals surface area contributed by atoms with Crippen molar-refractivity contribution in [2.45, 2.75) is 26.8 Å². The van der Waals surface area contributed by atoms with Gasteiger partial charge in [0.15, 0.2) is 19.0 Å². The summed E-state index contributed by atoms with van der Waals surface area (Å²) in [5.41, 5.74) is 0.732. The second-order valence-corrected chi connectivity index (χ2v) is 8.16.